The monoisotopic (exact) mass is 308 g/mol. The summed E-state index contributed by atoms with van der Waals surface area (Å²) in [5, 5.41) is 10.7. The van der Waals surface area contributed by atoms with Crippen LogP contribution in [0.4, 0.5) is 11.8 Å². The van der Waals surface area contributed by atoms with Gasteiger partial charge in [0.25, 0.3) is 0 Å². The number of fused-ring (bicyclic) bond motifs is 1. The lowest BCUT2D eigenvalue weighted by Crippen LogP contribution is -2.27. The van der Waals surface area contributed by atoms with Gasteiger partial charge >= 0.3 is 0 Å². The van der Waals surface area contributed by atoms with Gasteiger partial charge in [-0.2, -0.15) is 16.7 Å². The maximum absolute atomic E-state index is 4.61. The van der Waals surface area contributed by atoms with E-state index in [1.54, 1.807) is 11.3 Å². The van der Waals surface area contributed by atoms with Crippen LogP contribution in [0.2, 0.25) is 0 Å². The molecule has 0 amide bonds. The van der Waals surface area contributed by atoms with Crippen LogP contribution in [-0.4, -0.2) is 34.1 Å². The summed E-state index contributed by atoms with van der Waals surface area (Å²) in [5.74, 6) is 2.86. The minimum absolute atomic E-state index is 0.530. The van der Waals surface area contributed by atoms with Crippen molar-refractivity contribution in [3.05, 3.63) is 11.4 Å². The minimum Gasteiger partial charge on any atom is -0.366 e. The summed E-state index contributed by atoms with van der Waals surface area (Å²) in [7, 11) is 1.86. The molecule has 0 spiro atoms. The molecule has 3 rings (SSSR count). The van der Waals surface area contributed by atoms with E-state index in [0.29, 0.717) is 17.2 Å². The summed E-state index contributed by atoms with van der Waals surface area (Å²) in [6, 6.07) is 2.64. The van der Waals surface area contributed by atoms with Gasteiger partial charge in [-0.1, -0.05) is 13.3 Å². The standard InChI is InChI=1S/C14H20N4S2/c1-3-19-11-6-4-5-10(11)16-12-9-7-8-20-13(9)18-14(15-2)17-12/h7-8,10-11H,3-6H2,1-2H3,(H2,15,16,17,18). The van der Waals surface area contributed by atoms with Crippen molar-refractivity contribution in [2.24, 2.45) is 0 Å². The number of thioether (sulfide) groups is 1. The predicted octanol–water partition coefficient (Wildman–Crippen LogP) is 3.82. The molecule has 1 saturated carbocycles. The molecule has 2 N–H and O–H groups in total. The van der Waals surface area contributed by atoms with Gasteiger partial charge in [-0.25, -0.2) is 4.98 Å². The van der Waals surface area contributed by atoms with E-state index in [2.05, 4.69) is 50.7 Å². The molecule has 1 aliphatic carbocycles. The Hall–Kier alpha value is -1.01. The SMILES string of the molecule is CCSC1CCCC1Nc1nc(NC)nc2sccc12. The van der Waals surface area contributed by atoms with E-state index in [-0.39, 0.29) is 0 Å². The van der Waals surface area contributed by atoms with Gasteiger partial charge in [-0.3, -0.25) is 0 Å². The molecule has 2 aromatic heterocycles. The molecule has 6 heteroatoms. The van der Waals surface area contributed by atoms with Gasteiger partial charge in [0.15, 0.2) is 0 Å². The number of nitrogens with zero attached hydrogens (tertiary/aromatic N) is 2. The summed E-state index contributed by atoms with van der Waals surface area (Å²) in [6.07, 6.45) is 3.86. The summed E-state index contributed by atoms with van der Waals surface area (Å²) in [6.45, 7) is 2.24. The van der Waals surface area contributed by atoms with Gasteiger partial charge in [0.1, 0.15) is 10.6 Å². The molecule has 1 fully saturated rings. The number of anilines is 2. The second-order valence-electron chi connectivity index (χ2n) is 4.96. The Bertz CT molecular complexity index is 584. The zero-order valence-electron chi connectivity index (χ0n) is 11.8. The quantitative estimate of drug-likeness (QED) is 0.879. The van der Waals surface area contributed by atoms with Crippen molar-refractivity contribution in [3.8, 4) is 0 Å². The molecule has 2 heterocycles. The highest BCUT2D eigenvalue weighted by molar-refractivity contribution is 7.99. The van der Waals surface area contributed by atoms with Crippen LogP contribution in [0.3, 0.4) is 0 Å². The van der Waals surface area contributed by atoms with Gasteiger partial charge in [-0.05, 0) is 30.0 Å². The number of aromatic nitrogens is 2. The van der Waals surface area contributed by atoms with Crippen LogP contribution in [0.1, 0.15) is 26.2 Å². The summed E-state index contributed by atoms with van der Waals surface area (Å²) in [5.41, 5.74) is 0. The average Bonchev–Trinajstić information content (AvgIpc) is 3.08. The largest absolute Gasteiger partial charge is 0.366 e. The van der Waals surface area contributed by atoms with E-state index in [1.165, 1.54) is 25.0 Å². The topological polar surface area (TPSA) is 49.8 Å². The molecule has 0 aliphatic heterocycles. The van der Waals surface area contributed by atoms with Crippen LogP contribution in [0.15, 0.2) is 11.4 Å². The van der Waals surface area contributed by atoms with Crippen molar-refractivity contribution in [1.29, 1.82) is 0 Å². The van der Waals surface area contributed by atoms with Gasteiger partial charge in [-0.15, -0.1) is 11.3 Å². The third-order valence-corrected chi connectivity index (χ3v) is 5.84. The molecule has 0 radical (unpaired) electrons. The number of rotatable bonds is 5. The summed E-state index contributed by atoms with van der Waals surface area (Å²) >= 11 is 3.73. The van der Waals surface area contributed by atoms with Crippen LogP contribution < -0.4 is 10.6 Å². The summed E-state index contributed by atoms with van der Waals surface area (Å²) < 4.78 is 0. The zero-order chi connectivity index (χ0) is 13.9. The van der Waals surface area contributed by atoms with Gasteiger partial charge in [0.05, 0.1) is 5.39 Å². The molecular formula is C14H20N4S2. The first-order valence-electron chi connectivity index (χ1n) is 7.13. The first-order valence-corrected chi connectivity index (χ1v) is 9.05. The Morgan fingerprint density at radius 1 is 1.40 bits per heavy atom. The predicted molar refractivity (Wildman–Crippen MR) is 90.1 cm³/mol. The Morgan fingerprint density at radius 3 is 3.10 bits per heavy atom. The number of nitrogens with one attached hydrogen (secondary N) is 2. The van der Waals surface area contributed by atoms with Crippen LogP contribution in [-0.2, 0) is 0 Å². The van der Waals surface area contributed by atoms with E-state index in [9.17, 15) is 0 Å². The molecular weight excluding hydrogens is 288 g/mol. The fraction of sp³-hybridized carbons (Fsp3) is 0.571. The lowest BCUT2D eigenvalue weighted by molar-refractivity contribution is 0.764. The number of hydrogen-bond donors (Lipinski definition) is 2. The Kier molecular flexibility index (Phi) is 4.31. The van der Waals surface area contributed by atoms with E-state index < -0.39 is 0 Å². The maximum atomic E-state index is 4.61. The highest BCUT2D eigenvalue weighted by Crippen LogP contribution is 2.34. The van der Waals surface area contributed by atoms with E-state index in [4.69, 9.17) is 0 Å². The van der Waals surface area contributed by atoms with Gasteiger partial charge in [0, 0.05) is 18.3 Å². The number of thiophene rings is 1. The van der Waals surface area contributed by atoms with Crippen LogP contribution in [0, 0.1) is 0 Å². The Morgan fingerprint density at radius 2 is 2.30 bits per heavy atom. The fourth-order valence-electron chi connectivity index (χ4n) is 2.76. The van der Waals surface area contributed by atoms with Crippen molar-refractivity contribution in [1.82, 2.24) is 9.97 Å². The lowest BCUT2D eigenvalue weighted by atomic mass is 10.2. The Balaban J connectivity index is 1.87. The zero-order valence-corrected chi connectivity index (χ0v) is 13.5. The van der Waals surface area contributed by atoms with Crippen LogP contribution in [0.5, 0.6) is 0 Å². The fourth-order valence-corrected chi connectivity index (χ4v) is 4.72. The third-order valence-electron chi connectivity index (χ3n) is 3.70. The molecule has 2 aromatic rings. The Labute approximate surface area is 127 Å². The average molecular weight is 308 g/mol. The highest BCUT2D eigenvalue weighted by atomic mass is 32.2. The molecule has 2 unspecified atom stereocenters. The van der Waals surface area contributed by atoms with Crippen molar-refractivity contribution < 1.29 is 0 Å². The van der Waals surface area contributed by atoms with Gasteiger partial charge in [0.2, 0.25) is 5.95 Å². The van der Waals surface area contributed by atoms with Crippen LogP contribution >= 0.6 is 23.1 Å². The molecule has 0 bridgehead atoms. The molecule has 4 nitrogen and oxygen atoms in total. The minimum atomic E-state index is 0.530. The van der Waals surface area contributed by atoms with Gasteiger partial charge < -0.3 is 10.6 Å². The molecule has 2 atom stereocenters. The maximum Gasteiger partial charge on any atom is 0.225 e. The van der Waals surface area contributed by atoms with E-state index >= 15 is 0 Å². The molecule has 0 aromatic carbocycles. The van der Waals surface area contributed by atoms with Crippen molar-refractivity contribution in [2.75, 3.05) is 23.4 Å². The van der Waals surface area contributed by atoms with E-state index in [1.807, 2.05) is 7.05 Å². The van der Waals surface area contributed by atoms with Crippen molar-refractivity contribution in [2.45, 2.75) is 37.5 Å². The smallest absolute Gasteiger partial charge is 0.225 e. The van der Waals surface area contributed by atoms with Crippen LogP contribution in [0.25, 0.3) is 10.2 Å². The first-order chi connectivity index (χ1) is 9.81. The second kappa shape index (κ2) is 6.18. The normalized spacial score (nSPS) is 22.3. The molecule has 1 aliphatic rings. The highest BCUT2D eigenvalue weighted by Gasteiger charge is 2.28. The second-order valence-corrected chi connectivity index (χ2v) is 7.37. The first kappa shape index (κ1) is 13.9. The molecule has 0 saturated heterocycles. The number of hydrogen-bond acceptors (Lipinski definition) is 6. The molecule has 108 valence electrons. The molecule has 20 heavy (non-hydrogen) atoms. The van der Waals surface area contributed by atoms with Crippen molar-refractivity contribution >= 4 is 45.1 Å². The lowest BCUT2D eigenvalue weighted by Gasteiger charge is -2.21. The van der Waals surface area contributed by atoms with Crippen molar-refractivity contribution in [3.63, 3.8) is 0 Å². The summed E-state index contributed by atoms with van der Waals surface area (Å²) in [4.78, 5) is 10.2. The van der Waals surface area contributed by atoms with E-state index in [0.717, 1.165) is 16.0 Å². The third kappa shape index (κ3) is 2.72.